The lowest BCUT2D eigenvalue weighted by atomic mass is 9.78. The summed E-state index contributed by atoms with van der Waals surface area (Å²) in [5.74, 6) is 1.15. The van der Waals surface area contributed by atoms with Crippen molar-refractivity contribution in [3.8, 4) is 0 Å². The molecule has 1 amide bonds. The summed E-state index contributed by atoms with van der Waals surface area (Å²) in [7, 11) is 0. The molecular formula is C23H33N3O2S. The van der Waals surface area contributed by atoms with Crippen molar-refractivity contribution in [2.24, 2.45) is 11.8 Å². The van der Waals surface area contributed by atoms with E-state index in [1.165, 1.54) is 18.2 Å². The van der Waals surface area contributed by atoms with Crippen molar-refractivity contribution >= 4 is 28.6 Å². The molecule has 5 nitrogen and oxygen atoms in total. The summed E-state index contributed by atoms with van der Waals surface area (Å²) in [6.45, 7) is 10.5. The van der Waals surface area contributed by atoms with Crippen molar-refractivity contribution in [2.45, 2.75) is 82.8 Å². The van der Waals surface area contributed by atoms with Crippen LogP contribution in [0.3, 0.4) is 0 Å². The van der Waals surface area contributed by atoms with Crippen LogP contribution in [0.1, 0.15) is 66.3 Å². The van der Waals surface area contributed by atoms with Crippen molar-refractivity contribution in [1.82, 2.24) is 14.9 Å². The lowest BCUT2D eigenvalue weighted by molar-refractivity contribution is -0.121. The van der Waals surface area contributed by atoms with E-state index in [2.05, 4.69) is 26.1 Å². The first kappa shape index (κ1) is 21.9. The van der Waals surface area contributed by atoms with Gasteiger partial charge in [0.25, 0.3) is 5.56 Å². The summed E-state index contributed by atoms with van der Waals surface area (Å²) in [5.41, 5.74) is 0.650. The van der Waals surface area contributed by atoms with Crippen molar-refractivity contribution < 1.29 is 4.79 Å². The number of aromatic nitrogens is 2. The molecular weight excluding hydrogens is 382 g/mol. The molecule has 1 heterocycles. The summed E-state index contributed by atoms with van der Waals surface area (Å²) in [5, 5.41) is 4.19. The molecule has 5 atom stereocenters. The topological polar surface area (TPSA) is 64.0 Å². The fourth-order valence-electron chi connectivity index (χ4n) is 4.08. The molecule has 1 saturated carbocycles. The normalized spacial score (nSPS) is 24.2. The third-order valence-corrected chi connectivity index (χ3v) is 7.56. The van der Waals surface area contributed by atoms with Crippen LogP contribution in [-0.2, 0) is 4.79 Å². The Labute approximate surface area is 177 Å². The number of amides is 1. The first-order valence-corrected chi connectivity index (χ1v) is 11.7. The number of carbonyl (C=O) groups is 1. The molecule has 6 heteroatoms. The number of nitrogens with zero attached hydrogens (tertiary/aromatic N) is 2. The van der Waals surface area contributed by atoms with Gasteiger partial charge in [0, 0.05) is 12.1 Å². The SMILES string of the molecule is CC[C@@H](C)n1c(S[C@@H](C)C(=O)N[C@@H]2CCC[C@H](C)[C@@H]2C)nc2ccccc2c1=O. The van der Waals surface area contributed by atoms with Gasteiger partial charge in [-0.3, -0.25) is 14.2 Å². The van der Waals surface area contributed by atoms with Gasteiger partial charge in [0.05, 0.1) is 16.2 Å². The highest BCUT2D eigenvalue weighted by Gasteiger charge is 2.30. The average molecular weight is 416 g/mol. The van der Waals surface area contributed by atoms with Crippen molar-refractivity contribution in [2.75, 3.05) is 0 Å². The fraction of sp³-hybridized carbons (Fsp3) is 0.609. The van der Waals surface area contributed by atoms with Gasteiger partial charge in [-0.1, -0.05) is 57.5 Å². The van der Waals surface area contributed by atoms with Crippen molar-refractivity contribution in [1.29, 1.82) is 0 Å². The highest BCUT2D eigenvalue weighted by Crippen LogP contribution is 2.31. The van der Waals surface area contributed by atoms with Crippen molar-refractivity contribution in [3.05, 3.63) is 34.6 Å². The van der Waals surface area contributed by atoms with E-state index in [9.17, 15) is 9.59 Å². The first-order chi connectivity index (χ1) is 13.8. The summed E-state index contributed by atoms with van der Waals surface area (Å²) >= 11 is 1.38. The number of para-hydroxylation sites is 1. The molecule has 158 valence electrons. The number of carbonyl (C=O) groups excluding carboxylic acids is 1. The number of benzene rings is 1. The van der Waals surface area contributed by atoms with Gasteiger partial charge in [-0.15, -0.1) is 0 Å². The number of thioether (sulfide) groups is 1. The average Bonchev–Trinajstić information content (AvgIpc) is 2.71. The summed E-state index contributed by atoms with van der Waals surface area (Å²) in [4.78, 5) is 30.8. The lowest BCUT2D eigenvalue weighted by Crippen LogP contribution is -2.46. The predicted molar refractivity (Wildman–Crippen MR) is 120 cm³/mol. The van der Waals surface area contributed by atoms with E-state index >= 15 is 0 Å². The second kappa shape index (κ2) is 9.33. The molecule has 1 aromatic carbocycles. The fourth-order valence-corrected chi connectivity index (χ4v) is 5.10. The maximum absolute atomic E-state index is 13.1. The molecule has 1 aliphatic rings. The summed E-state index contributed by atoms with van der Waals surface area (Å²) in [6, 6.07) is 7.68. The zero-order valence-electron chi connectivity index (χ0n) is 18.1. The van der Waals surface area contributed by atoms with Gasteiger partial charge >= 0.3 is 0 Å². The Balaban J connectivity index is 1.84. The molecule has 29 heavy (non-hydrogen) atoms. The maximum atomic E-state index is 13.1. The maximum Gasteiger partial charge on any atom is 0.262 e. The lowest BCUT2D eigenvalue weighted by Gasteiger charge is -2.35. The van der Waals surface area contributed by atoms with Crippen LogP contribution in [0.15, 0.2) is 34.2 Å². The van der Waals surface area contributed by atoms with Gasteiger partial charge in [0.15, 0.2) is 5.16 Å². The van der Waals surface area contributed by atoms with Crippen LogP contribution in [0.25, 0.3) is 10.9 Å². The number of rotatable bonds is 6. The standard InChI is InChI=1S/C23H33N3O2S/c1-6-15(3)26-22(28)18-11-7-8-12-20(18)25-23(26)29-17(5)21(27)24-19-13-9-10-14(2)16(19)4/h7-8,11-12,14-17,19H,6,9-10,13H2,1-5H3,(H,24,27)/t14-,15+,16-,17-,19+/m0/s1. The Bertz CT molecular complexity index is 926. The largest absolute Gasteiger partial charge is 0.352 e. The molecule has 0 aliphatic heterocycles. The molecule has 1 N–H and O–H groups in total. The van der Waals surface area contributed by atoms with E-state index in [4.69, 9.17) is 4.98 Å². The van der Waals surface area contributed by atoms with Gasteiger partial charge in [-0.2, -0.15) is 0 Å². The van der Waals surface area contributed by atoms with Crippen LogP contribution < -0.4 is 10.9 Å². The van der Waals surface area contributed by atoms with Crippen LogP contribution in [0.2, 0.25) is 0 Å². The quantitative estimate of drug-likeness (QED) is 0.544. The monoisotopic (exact) mass is 415 g/mol. The minimum Gasteiger partial charge on any atom is -0.352 e. The van der Waals surface area contributed by atoms with E-state index in [1.807, 2.05) is 38.1 Å². The third kappa shape index (κ3) is 4.68. The van der Waals surface area contributed by atoms with E-state index < -0.39 is 0 Å². The number of hydrogen-bond donors (Lipinski definition) is 1. The zero-order valence-corrected chi connectivity index (χ0v) is 19.0. The Kier molecular flexibility index (Phi) is 7.04. The number of nitrogens with one attached hydrogen (secondary N) is 1. The van der Waals surface area contributed by atoms with Crippen LogP contribution >= 0.6 is 11.8 Å². The van der Waals surface area contributed by atoms with Crippen LogP contribution in [0.5, 0.6) is 0 Å². The molecule has 0 saturated heterocycles. The second-order valence-corrected chi connectivity index (χ2v) is 9.79. The summed E-state index contributed by atoms with van der Waals surface area (Å²) in [6.07, 6.45) is 4.27. The van der Waals surface area contributed by atoms with E-state index in [0.717, 1.165) is 19.3 Å². The van der Waals surface area contributed by atoms with Gasteiger partial charge in [-0.05, 0) is 50.7 Å². The molecule has 0 radical (unpaired) electrons. The van der Waals surface area contributed by atoms with Crippen LogP contribution in [0, 0.1) is 11.8 Å². The Morgan fingerprint density at radius 3 is 2.72 bits per heavy atom. The third-order valence-electron chi connectivity index (χ3n) is 6.49. The minimum atomic E-state index is -0.317. The van der Waals surface area contributed by atoms with Crippen LogP contribution in [-0.4, -0.2) is 26.8 Å². The minimum absolute atomic E-state index is 0.0246. The molecule has 3 rings (SSSR count). The molecule has 2 aromatic rings. The summed E-state index contributed by atoms with van der Waals surface area (Å²) < 4.78 is 1.75. The highest BCUT2D eigenvalue weighted by molar-refractivity contribution is 8.00. The van der Waals surface area contributed by atoms with E-state index in [-0.39, 0.29) is 28.8 Å². The van der Waals surface area contributed by atoms with E-state index in [0.29, 0.717) is 27.9 Å². The van der Waals surface area contributed by atoms with E-state index in [1.54, 1.807) is 4.57 Å². The number of fused-ring (bicyclic) bond motifs is 1. The smallest absolute Gasteiger partial charge is 0.262 e. The Morgan fingerprint density at radius 1 is 1.28 bits per heavy atom. The van der Waals surface area contributed by atoms with Gasteiger partial charge in [-0.25, -0.2) is 4.98 Å². The zero-order chi connectivity index (χ0) is 21.1. The first-order valence-electron chi connectivity index (χ1n) is 10.8. The van der Waals surface area contributed by atoms with Crippen molar-refractivity contribution in [3.63, 3.8) is 0 Å². The van der Waals surface area contributed by atoms with Gasteiger partial charge in [0.1, 0.15) is 0 Å². The molecule has 0 spiro atoms. The number of hydrogen-bond acceptors (Lipinski definition) is 4. The molecule has 0 bridgehead atoms. The van der Waals surface area contributed by atoms with Gasteiger partial charge in [0.2, 0.25) is 5.91 Å². The molecule has 1 aliphatic carbocycles. The van der Waals surface area contributed by atoms with Gasteiger partial charge < -0.3 is 5.32 Å². The van der Waals surface area contributed by atoms with Crippen LogP contribution in [0.4, 0.5) is 0 Å². The molecule has 0 unspecified atom stereocenters. The predicted octanol–water partition coefficient (Wildman–Crippen LogP) is 4.79. The second-order valence-electron chi connectivity index (χ2n) is 8.49. The Morgan fingerprint density at radius 2 is 2.00 bits per heavy atom. The molecule has 1 aromatic heterocycles. The molecule has 1 fully saturated rings. The highest BCUT2D eigenvalue weighted by atomic mass is 32.2. The Hall–Kier alpha value is -1.82.